The Morgan fingerprint density at radius 2 is 1.67 bits per heavy atom. The molecule has 0 heterocycles. The summed E-state index contributed by atoms with van der Waals surface area (Å²) in [6, 6.07) is 1.93. The first-order chi connectivity index (χ1) is 8.51. The topological polar surface area (TPSA) is 26.0 Å². The molecule has 4 heteroatoms. The lowest BCUT2D eigenvalue weighted by Crippen LogP contribution is -2.23. The molecule has 1 atom stereocenters. The maximum absolute atomic E-state index is 13.8. The van der Waals surface area contributed by atoms with Gasteiger partial charge in [-0.05, 0) is 46.8 Å². The van der Waals surface area contributed by atoms with Crippen molar-refractivity contribution in [3.63, 3.8) is 0 Å². The Hall–Kier alpha value is -0.480. The molecule has 2 N–H and O–H groups in total. The lowest BCUT2D eigenvalue weighted by molar-refractivity contribution is 0.359. The minimum Gasteiger partial charge on any atom is -0.324 e. The van der Waals surface area contributed by atoms with Gasteiger partial charge in [0.25, 0.3) is 0 Å². The Morgan fingerprint density at radius 1 is 1.11 bits per heavy atom. The number of rotatable bonds is 6. The SMILES string of the molecule is CCCC(CCC)C(N)c1cc(F)c(Br)cc1F. The average Bonchev–Trinajstić information content (AvgIpc) is 2.33. The highest BCUT2D eigenvalue weighted by Gasteiger charge is 2.22. The summed E-state index contributed by atoms with van der Waals surface area (Å²) in [5, 5.41) is 0. The van der Waals surface area contributed by atoms with Crippen LogP contribution in [0.2, 0.25) is 0 Å². The van der Waals surface area contributed by atoms with Crippen LogP contribution in [0.3, 0.4) is 0 Å². The van der Waals surface area contributed by atoms with Gasteiger partial charge in [0.2, 0.25) is 0 Å². The molecular formula is C14H20BrF2N. The molecule has 1 unspecified atom stereocenters. The number of nitrogens with two attached hydrogens (primary N) is 1. The fraction of sp³-hybridized carbons (Fsp3) is 0.571. The van der Waals surface area contributed by atoms with Crippen LogP contribution in [0.5, 0.6) is 0 Å². The van der Waals surface area contributed by atoms with Crippen molar-refractivity contribution < 1.29 is 8.78 Å². The second kappa shape index (κ2) is 7.19. The van der Waals surface area contributed by atoms with Gasteiger partial charge in [-0.2, -0.15) is 0 Å². The summed E-state index contributed by atoms with van der Waals surface area (Å²) in [6.07, 6.45) is 3.87. The molecule has 0 aromatic heterocycles. The van der Waals surface area contributed by atoms with Gasteiger partial charge in [0.1, 0.15) is 11.6 Å². The molecule has 0 saturated carbocycles. The fourth-order valence-electron chi connectivity index (χ4n) is 2.29. The summed E-state index contributed by atoms with van der Waals surface area (Å²) in [7, 11) is 0. The highest BCUT2D eigenvalue weighted by Crippen LogP contribution is 2.31. The number of hydrogen-bond donors (Lipinski definition) is 1. The Labute approximate surface area is 116 Å². The molecule has 1 nitrogen and oxygen atoms in total. The van der Waals surface area contributed by atoms with E-state index in [1.54, 1.807) is 0 Å². The third kappa shape index (κ3) is 3.75. The van der Waals surface area contributed by atoms with E-state index in [-0.39, 0.29) is 16.0 Å². The predicted octanol–water partition coefficient (Wildman–Crippen LogP) is 4.94. The summed E-state index contributed by atoms with van der Waals surface area (Å²) in [6.45, 7) is 4.15. The van der Waals surface area contributed by atoms with Crippen molar-refractivity contribution in [3.8, 4) is 0 Å². The van der Waals surface area contributed by atoms with E-state index in [0.717, 1.165) is 31.7 Å². The third-order valence-corrected chi connectivity index (χ3v) is 3.83. The molecular weight excluding hydrogens is 300 g/mol. The molecule has 0 radical (unpaired) electrons. The van der Waals surface area contributed by atoms with Crippen molar-refractivity contribution in [2.45, 2.75) is 45.6 Å². The Balaban J connectivity index is 3.00. The molecule has 0 amide bonds. The molecule has 1 aromatic carbocycles. The van der Waals surface area contributed by atoms with Crippen LogP contribution in [-0.4, -0.2) is 0 Å². The van der Waals surface area contributed by atoms with Gasteiger partial charge in [0.15, 0.2) is 0 Å². The van der Waals surface area contributed by atoms with Crippen molar-refractivity contribution in [1.29, 1.82) is 0 Å². The Morgan fingerprint density at radius 3 is 2.17 bits per heavy atom. The highest BCUT2D eigenvalue weighted by molar-refractivity contribution is 9.10. The van der Waals surface area contributed by atoms with Crippen molar-refractivity contribution in [2.75, 3.05) is 0 Å². The molecule has 0 spiro atoms. The largest absolute Gasteiger partial charge is 0.324 e. The molecule has 1 rings (SSSR count). The molecule has 0 saturated heterocycles. The van der Waals surface area contributed by atoms with E-state index in [2.05, 4.69) is 29.8 Å². The molecule has 102 valence electrons. The van der Waals surface area contributed by atoms with E-state index < -0.39 is 17.7 Å². The molecule has 0 aliphatic heterocycles. The monoisotopic (exact) mass is 319 g/mol. The van der Waals surface area contributed by atoms with Crippen LogP contribution in [0.4, 0.5) is 8.78 Å². The van der Waals surface area contributed by atoms with E-state index in [0.29, 0.717) is 0 Å². The van der Waals surface area contributed by atoms with E-state index in [4.69, 9.17) is 5.73 Å². The van der Waals surface area contributed by atoms with Gasteiger partial charge >= 0.3 is 0 Å². The standard InChI is InChI=1S/C14H20BrF2N/c1-3-5-9(6-4-2)14(18)10-7-13(17)11(15)8-12(10)16/h7-9,14H,3-6,18H2,1-2H3. The highest BCUT2D eigenvalue weighted by atomic mass is 79.9. The quantitative estimate of drug-likeness (QED) is 0.738. The van der Waals surface area contributed by atoms with Crippen LogP contribution >= 0.6 is 15.9 Å². The van der Waals surface area contributed by atoms with E-state index in [1.807, 2.05) is 0 Å². The lowest BCUT2D eigenvalue weighted by Gasteiger charge is -2.24. The first-order valence-electron chi connectivity index (χ1n) is 6.41. The van der Waals surface area contributed by atoms with E-state index in [1.165, 1.54) is 6.07 Å². The van der Waals surface area contributed by atoms with Gasteiger partial charge < -0.3 is 5.73 Å². The van der Waals surface area contributed by atoms with Crippen LogP contribution in [0, 0.1) is 17.6 Å². The minimum absolute atomic E-state index is 0.137. The van der Waals surface area contributed by atoms with Gasteiger partial charge in [-0.3, -0.25) is 0 Å². The molecule has 0 aliphatic rings. The third-order valence-electron chi connectivity index (χ3n) is 3.23. The van der Waals surface area contributed by atoms with Crippen LogP contribution in [0.15, 0.2) is 16.6 Å². The number of halogens is 3. The summed E-state index contributed by atoms with van der Waals surface area (Å²) in [5.41, 5.74) is 6.39. The van der Waals surface area contributed by atoms with Crippen LogP contribution in [-0.2, 0) is 0 Å². The molecule has 18 heavy (non-hydrogen) atoms. The van der Waals surface area contributed by atoms with Crippen LogP contribution < -0.4 is 5.73 Å². The molecule has 0 aliphatic carbocycles. The summed E-state index contributed by atoms with van der Waals surface area (Å²) >= 11 is 2.97. The van der Waals surface area contributed by atoms with E-state index >= 15 is 0 Å². The molecule has 0 fully saturated rings. The zero-order valence-electron chi connectivity index (χ0n) is 10.8. The minimum atomic E-state index is -0.464. The number of hydrogen-bond acceptors (Lipinski definition) is 1. The zero-order valence-corrected chi connectivity index (χ0v) is 12.4. The lowest BCUT2D eigenvalue weighted by atomic mass is 9.86. The summed E-state index contributed by atoms with van der Waals surface area (Å²) in [4.78, 5) is 0. The molecule has 0 bridgehead atoms. The zero-order chi connectivity index (χ0) is 13.7. The van der Waals surface area contributed by atoms with Gasteiger partial charge in [0, 0.05) is 11.6 Å². The van der Waals surface area contributed by atoms with Crippen molar-refractivity contribution in [2.24, 2.45) is 11.7 Å². The number of benzene rings is 1. The summed E-state index contributed by atoms with van der Waals surface area (Å²) in [5.74, 6) is -0.698. The van der Waals surface area contributed by atoms with Crippen molar-refractivity contribution in [3.05, 3.63) is 33.8 Å². The maximum Gasteiger partial charge on any atom is 0.137 e. The van der Waals surface area contributed by atoms with Gasteiger partial charge in [0.05, 0.1) is 4.47 Å². The van der Waals surface area contributed by atoms with Gasteiger partial charge in [-0.1, -0.05) is 26.7 Å². The first kappa shape index (κ1) is 15.6. The van der Waals surface area contributed by atoms with Gasteiger partial charge in [-0.25, -0.2) is 8.78 Å². The first-order valence-corrected chi connectivity index (χ1v) is 7.20. The van der Waals surface area contributed by atoms with Crippen molar-refractivity contribution >= 4 is 15.9 Å². The summed E-state index contributed by atoms with van der Waals surface area (Å²) < 4.78 is 27.5. The smallest absolute Gasteiger partial charge is 0.137 e. The maximum atomic E-state index is 13.8. The van der Waals surface area contributed by atoms with E-state index in [9.17, 15) is 8.78 Å². The van der Waals surface area contributed by atoms with Crippen LogP contribution in [0.1, 0.15) is 51.1 Å². The Bertz CT molecular complexity index is 390. The van der Waals surface area contributed by atoms with Crippen LogP contribution in [0.25, 0.3) is 0 Å². The second-order valence-corrected chi connectivity index (χ2v) is 5.51. The second-order valence-electron chi connectivity index (χ2n) is 4.65. The van der Waals surface area contributed by atoms with Crippen molar-refractivity contribution in [1.82, 2.24) is 0 Å². The molecule has 1 aromatic rings. The average molecular weight is 320 g/mol. The predicted molar refractivity (Wildman–Crippen MR) is 74.3 cm³/mol. The van der Waals surface area contributed by atoms with Gasteiger partial charge in [-0.15, -0.1) is 0 Å². The Kier molecular flexibility index (Phi) is 6.22. The normalized spacial score (nSPS) is 13.1. The fourth-order valence-corrected chi connectivity index (χ4v) is 2.61.